The SMILES string of the molecule is CNc1cccc(N(C)C)c1.COc1cccc(C(=N)c2ccccc2NC2CCCN(C=O)C2)c1. The molecule has 1 saturated heterocycles. The van der Waals surface area contributed by atoms with E-state index in [1.165, 1.54) is 5.69 Å². The summed E-state index contributed by atoms with van der Waals surface area (Å²) < 4.78 is 5.27. The van der Waals surface area contributed by atoms with Crippen molar-refractivity contribution in [3.63, 3.8) is 0 Å². The maximum Gasteiger partial charge on any atom is 0.209 e. The van der Waals surface area contributed by atoms with E-state index in [1.807, 2.05) is 81.8 Å². The molecule has 36 heavy (non-hydrogen) atoms. The minimum absolute atomic E-state index is 0.207. The zero-order chi connectivity index (χ0) is 25.9. The Morgan fingerprint density at radius 2 is 1.86 bits per heavy atom. The number of hydrogen-bond donors (Lipinski definition) is 3. The van der Waals surface area contributed by atoms with E-state index in [0.29, 0.717) is 12.3 Å². The molecule has 1 aliphatic heterocycles. The van der Waals surface area contributed by atoms with Crippen LogP contribution in [0.15, 0.2) is 72.8 Å². The number of methoxy groups -OCH3 is 1. The lowest BCUT2D eigenvalue weighted by atomic mass is 9.99. The molecule has 1 amide bonds. The third kappa shape index (κ3) is 7.25. The van der Waals surface area contributed by atoms with Crippen molar-refractivity contribution in [2.45, 2.75) is 18.9 Å². The van der Waals surface area contributed by atoms with Gasteiger partial charge in [-0.3, -0.25) is 10.2 Å². The second-order valence-corrected chi connectivity index (χ2v) is 8.93. The molecular formula is C29H37N5O2. The Kier molecular flexibility index (Phi) is 9.74. The molecule has 1 atom stereocenters. The molecule has 0 bridgehead atoms. The van der Waals surface area contributed by atoms with Gasteiger partial charge in [0, 0.05) is 68.5 Å². The fraction of sp³-hybridized carbons (Fsp3) is 0.310. The van der Waals surface area contributed by atoms with Gasteiger partial charge in [-0.2, -0.15) is 0 Å². The van der Waals surface area contributed by atoms with Crippen molar-refractivity contribution in [3.8, 4) is 5.75 Å². The lowest BCUT2D eigenvalue weighted by molar-refractivity contribution is -0.119. The summed E-state index contributed by atoms with van der Waals surface area (Å²) in [4.78, 5) is 14.9. The van der Waals surface area contributed by atoms with Crippen LogP contribution < -0.4 is 20.3 Å². The number of carbonyl (C=O) groups excluding carboxylic acids is 1. The van der Waals surface area contributed by atoms with E-state index in [-0.39, 0.29) is 6.04 Å². The third-order valence-corrected chi connectivity index (χ3v) is 6.17. The summed E-state index contributed by atoms with van der Waals surface area (Å²) in [5, 5.41) is 15.2. The number of hydrogen-bond acceptors (Lipinski definition) is 6. The number of rotatable bonds is 8. The molecule has 3 aromatic carbocycles. The highest BCUT2D eigenvalue weighted by Gasteiger charge is 2.20. The van der Waals surface area contributed by atoms with E-state index >= 15 is 0 Å². The number of para-hydroxylation sites is 1. The van der Waals surface area contributed by atoms with Crippen LogP contribution in [0.3, 0.4) is 0 Å². The minimum atomic E-state index is 0.207. The number of nitrogens with zero attached hydrogens (tertiary/aromatic N) is 2. The molecule has 3 N–H and O–H groups in total. The van der Waals surface area contributed by atoms with E-state index in [1.54, 1.807) is 12.0 Å². The number of ether oxygens (including phenoxy) is 1. The van der Waals surface area contributed by atoms with Gasteiger partial charge in [0.25, 0.3) is 0 Å². The number of piperidine rings is 1. The molecule has 1 fully saturated rings. The van der Waals surface area contributed by atoms with Gasteiger partial charge in [-0.25, -0.2) is 0 Å². The van der Waals surface area contributed by atoms with E-state index in [9.17, 15) is 4.79 Å². The third-order valence-electron chi connectivity index (χ3n) is 6.17. The summed E-state index contributed by atoms with van der Waals surface area (Å²) in [7, 11) is 7.62. The first-order chi connectivity index (χ1) is 17.4. The summed E-state index contributed by atoms with van der Waals surface area (Å²) in [5.41, 5.74) is 5.40. The van der Waals surface area contributed by atoms with Crippen LogP contribution in [0.5, 0.6) is 5.75 Å². The molecule has 0 spiro atoms. The highest BCUT2D eigenvalue weighted by molar-refractivity contribution is 6.14. The van der Waals surface area contributed by atoms with E-state index in [2.05, 4.69) is 27.7 Å². The normalized spacial score (nSPS) is 14.7. The Labute approximate surface area is 214 Å². The number of amides is 1. The minimum Gasteiger partial charge on any atom is -0.497 e. The predicted octanol–water partition coefficient (Wildman–Crippen LogP) is 4.94. The summed E-state index contributed by atoms with van der Waals surface area (Å²) >= 11 is 0. The van der Waals surface area contributed by atoms with Crippen LogP contribution in [-0.4, -0.2) is 64.4 Å². The average molecular weight is 488 g/mol. The molecule has 0 saturated carbocycles. The molecule has 1 heterocycles. The lowest BCUT2D eigenvalue weighted by Crippen LogP contribution is -2.41. The molecule has 1 aliphatic rings. The Bertz CT molecular complexity index is 1150. The van der Waals surface area contributed by atoms with Gasteiger partial charge >= 0.3 is 0 Å². The molecule has 0 radical (unpaired) electrons. The van der Waals surface area contributed by atoms with Crippen molar-refractivity contribution in [1.82, 2.24) is 4.90 Å². The first-order valence-electron chi connectivity index (χ1n) is 12.2. The molecule has 3 aromatic rings. The highest BCUT2D eigenvalue weighted by Crippen LogP contribution is 2.24. The van der Waals surface area contributed by atoms with Crippen molar-refractivity contribution in [1.29, 1.82) is 5.41 Å². The Hall–Kier alpha value is -4.00. The molecule has 0 aromatic heterocycles. The van der Waals surface area contributed by atoms with Crippen molar-refractivity contribution >= 4 is 29.2 Å². The molecule has 7 nitrogen and oxygen atoms in total. The standard InChI is InChI=1S/C20H23N3O2.C9H14N2/c1-25-17-8-4-6-15(12-17)20(21)18-9-2-3-10-19(18)22-16-7-5-11-23(13-16)14-24;1-10-8-5-4-6-9(7-8)11(2)3/h2-4,6,8-10,12,14,16,21-22H,5,7,11,13H2,1H3;4-7,10H,1-3H3. The van der Waals surface area contributed by atoms with Gasteiger partial charge in [0.15, 0.2) is 0 Å². The fourth-order valence-corrected chi connectivity index (χ4v) is 4.14. The zero-order valence-electron chi connectivity index (χ0n) is 21.6. The Morgan fingerprint density at radius 1 is 1.08 bits per heavy atom. The van der Waals surface area contributed by atoms with Gasteiger partial charge in [-0.1, -0.05) is 36.4 Å². The van der Waals surface area contributed by atoms with Crippen LogP contribution in [0.25, 0.3) is 0 Å². The average Bonchev–Trinajstić information content (AvgIpc) is 2.93. The molecule has 0 aliphatic carbocycles. The van der Waals surface area contributed by atoms with Gasteiger partial charge in [0.2, 0.25) is 6.41 Å². The van der Waals surface area contributed by atoms with Gasteiger partial charge in [0.1, 0.15) is 5.75 Å². The predicted molar refractivity (Wildman–Crippen MR) is 150 cm³/mol. The van der Waals surface area contributed by atoms with Crippen LogP contribution in [0.1, 0.15) is 24.0 Å². The topological polar surface area (TPSA) is 80.7 Å². The van der Waals surface area contributed by atoms with Crippen LogP contribution >= 0.6 is 0 Å². The number of anilines is 3. The summed E-state index contributed by atoms with van der Waals surface area (Å²) in [5.74, 6) is 0.738. The first-order valence-corrected chi connectivity index (χ1v) is 12.2. The second kappa shape index (κ2) is 13.2. The van der Waals surface area contributed by atoms with Crippen LogP contribution in [-0.2, 0) is 4.79 Å². The Morgan fingerprint density at radius 3 is 2.58 bits per heavy atom. The van der Waals surface area contributed by atoms with E-state index in [0.717, 1.165) is 54.0 Å². The number of carbonyl (C=O) groups is 1. The van der Waals surface area contributed by atoms with Crippen molar-refractivity contribution in [2.75, 3.05) is 56.9 Å². The first kappa shape index (κ1) is 26.6. The van der Waals surface area contributed by atoms with E-state index in [4.69, 9.17) is 10.1 Å². The quantitative estimate of drug-likeness (QED) is 0.310. The maximum absolute atomic E-state index is 11.0. The number of benzene rings is 3. The maximum atomic E-state index is 11.0. The monoisotopic (exact) mass is 487 g/mol. The second-order valence-electron chi connectivity index (χ2n) is 8.93. The van der Waals surface area contributed by atoms with Crippen LogP contribution in [0.4, 0.5) is 17.1 Å². The van der Waals surface area contributed by atoms with Gasteiger partial charge in [0.05, 0.1) is 12.8 Å². The van der Waals surface area contributed by atoms with Crippen molar-refractivity contribution < 1.29 is 9.53 Å². The smallest absolute Gasteiger partial charge is 0.209 e. The van der Waals surface area contributed by atoms with Gasteiger partial charge < -0.3 is 25.2 Å². The molecule has 7 heteroatoms. The zero-order valence-corrected chi connectivity index (χ0v) is 21.6. The molecular weight excluding hydrogens is 450 g/mol. The van der Waals surface area contributed by atoms with E-state index < -0.39 is 0 Å². The van der Waals surface area contributed by atoms with Crippen LogP contribution in [0.2, 0.25) is 0 Å². The largest absolute Gasteiger partial charge is 0.497 e. The lowest BCUT2D eigenvalue weighted by Gasteiger charge is -2.31. The number of nitrogens with one attached hydrogen (secondary N) is 3. The van der Waals surface area contributed by atoms with Crippen molar-refractivity contribution in [2.24, 2.45) is 0 Å². The molecule has 4 rings (SSSR count). The highest BCUT2D eigenvalue weighted by atomic mass is 16.5. The van der Waals surface area contributed by atoms with Crippen LogP contribution in [0, 0.1) is 5.41 Å². The fourth-order valence-electron chi connectivity index (χ4n) is 4.14. The molecule has 1 unspecified atom stereocenters. The summed E-state index contributed by atoms with van der Waals surface area (Å²) in [6.45, 7) is 1.52. The number of likely N-dealkylation sites (tertiary alicyclic amines) is 1. The Balaban J connectivity index is 0.000000275. The van der Waals surface area contributed by atoms with Crippen molar-refractivity contribution in [3.05, 3.63) is 83.9 Å². The van der Waals surface area contributed by atoms with Gasteiger partial charge in [-0.05, 0) is 49.2 Å². The molecule has 190 valence electrons. The summed E-state index contributed by atoms with van der Waals surface area (Å²) in [6, 6.07) is 23.9. The van der Waals surface area contributed by atoms with Gasteiger partial charge in [-0.15, -0.1) is 0 Å². The summed E-state index contributed by atoms with van der Waals surface area (Å²) in [6.07, 6.45) is 2.93.